The standard InChI is InChI=1S/C8H17NOS/c1-4-7(6-11-3)8(10)9-5-2/h7H,4-6H2,1-3H3,(H,9,10). The van der Waals surface area contributed by atoms with Gasteiger partial charge < -0.3 is 5.32 Å². The van der Waals surface area contributed by atoms with Crippen LogP contribution in [0.15, 0.2) is 0 Å². The Kier molecular flexibility index (Phi) is 6.42. The number of carbonyl (C=O) groups excluding carboxylic acids is 1. The summed E-state index contributed by atoms with van der Waals surface area (Å²) >= 11 is 1.73. The van der Waals surface area contributed by atoms with Crippen molar-refractivity contribution in [2.45, 2.75) is 20.3 Å². The van der Waals surface area contributed by atoms with Gasteiger partial charge in [0.1, 0.15) is 0 Å². The topological polar surface area (TPSA) is 29.1 Å². The minimum atomic E-state index is 0.198. The molecule has 1 amide bonds. The van der Waals surface area contributed by atoms with Gasteiger partial charge in [0, 0.05) is 18.2 Å². The van der Waals surface area contributed by atoms with Crippen molar-refractivity contribution in [2.75, 3.05) is 18.6 Å². The van der Waals surface area contributed by atoms with Crippen LogP contribution in [0.5, 0.6) is 0 Å². The molecular formula is C8H17NOS. The largest absolute Gasteiger partial charge is 0.356 e. The number of nitrogens with one attached hydrogen (secondary N) is 1. The number of carbonyl (C=O) groups is 1. The number of amides is 1. The van der Waals surface area contributed by atoms with Crippen LogP contribution in [0.25, 0.3) is 0 Å². The van der Waals surface area contributed by atoms with E-state index in [0.29, 0.717) is 0 Å². The molecule has 0 saturated heterocycles. The van der Waals surface area contributed by atoms with Crippen molar-refractivity contribution in [1.29, 1.82) is 0 Å². The van der Waals surface area contributed by atoms with Gasteiger partial charge in [-0.1, -0.05) is 6.92 Å². The van der Waals surface area contributed by atoms with Crippen LogP contribution in [-0.2, 0) is 4.79 Å². The molecule has 0 rings (SSSR count). The number of hydrogen-bond acceptors (Lipinski definition) is 2. The predicted molar refractivity (Wildman–Crippen MR) is 50.8 cm³/mol. The highest BCUT2D eigenvalue weighted by Crippen LogP contribution is 2.09. The summed E-state index contributed by atoms with van der Waals surface area (Å²) in [7, 11) is 0. The van der Waals surface area contributed by atoms with Crippen LogP contribution in [0.4, 0.5) is 0 Å². The average molecular weight is 175 g/mol. The molecule has 2 nitrogen and oxygen atoms in total. The monoisotopic (exact) mass is 175 g/mol. The summed E-state index contributed by atoms with van der Waals surface area (Å²) in [6.45, 7) is 4.74. The Bertz CT molecular complexity index is 117. The molecule has 0 spiro atoms. The fourth-order valence-electron chi connectivity index (χ4n) is 0.899. The zero-order valence-corrected chi connectivity index (χ0v) is 8.33. The number of thioether (sulfide) groups is 1. The molecule has 1 atom stereocenters. The van der Waals surface area contributed by atoms with E-state index in [1.165, 1.54) is 0 Å². The van der Waals surface area contributed by atoms with E-state index in [2.05, 4.69) is 12.2 Å². The third-order valence-corrected chi connectivity index (χ3v) is 2.32. The lowest BCUT2D eigenvalue weighted by molar-refractivity contribution is -0.124. The Hall–Kier alpha value is -0.180. The average Bonchev–Trinajstić information content (AvgIpc) is 2.00. The highest BCUT2D eigenvalue weighted by Gasteiger charge is 2.13. The molecule has 0 saturated carbocycles. The molecule has 1 N–H and O–H groups in total. The Morgan fingerprint density at radius 3 is 2.55 bits per heavy atom. The van der Waals surface area contributed by atoms with Gasteiger partial charge in [-0.3, -0.25) is 4.79 Å². The molecular weight excluding hydrogens is 158 g/mol. The Labute approximate surface area is 73.1 Å². The van der Waals surface area contributed by atoms with Gasteiger partial charge in [-0.25, -0.2) is 0 Å². The van der Waals surface area contributed by atoms with Crippen molar-refractivity contribution >= 4 is 17.7 Å². The maximum absolute atomic E-state index is 11.2. The second-order valence-electron chi connectivity index (χ2n) is 2.46. The molecule has 0 aromatic carbocycles. The van der Waals surface area contributed by atoms with Crippen molar-refractivity contribution in [1.82, 2.24) is 5.32 Å². The van der Waals surface area contributed by atoms with Gasteiger partial charge in [-0.15, -0.1) is 0 Å². The third-order valence-electron chi connectivity index (χ3n) is 1.58. The third kappa shape index (κ3) is 4.30. The molecule has 66 valence electrons. The van der Waals surface area contributed by atoms with Crippen LogP contribution >= 0.6 is 11.8 Å². The van der Waals surface area contributed by atoms with Crippen LogP contribution < -0.4 is 5.32 Å². The van der Waals surface area contributed by atoms with Crippen LogP contribution in [0.1, 0.15) is 20.3 Å². The van der Waals surface area contributed by atoms with E-state index in [4.69, 9.17) is 0 Å². The Morgan fingerprint density at radius 2 is 2.18 bits per heavy atom. The molecule has 0 radical (unpaired) electrons. The summed E-state index contributed by atoms with van der Waals surface area (Å²) in [6, 6.07) is 0. The molecule has 0 heterocycles. The summed E-state index contributed by atoms with van der Waals surface area (Å²) < 4.78 is 0. The first-order valence-electron chi connectivity index (χ1n) is 4.02. The summed E-state index contributed by atoms with van der Waals surface area (Å²) in [5.41, 5.74) is 0. The number of hydrogen-bond donors (Lipinski definition) is 1. The quantitative estimate of drug-likeness (QED) is 0.686. The SMILES string of the molecule is CCNC(=O)C(CC)CSC. The van der Waals surface area contributed by atoms with E-state index in [1.54, 1.807) is 11.8 Å². The van der Waals surface area contributed by atoms with Crippen LogP contribution in [-0.4, -0.2) is 24.5 Å². The lowest BCUT2D eigenvalue weighted by Crippen LogP contribution is -2.31. The zero-order chi connectivity index (χ0) is 8.69. The molecule has 3 heteroatoms. The van der Waals surface area contributed by atoms with E-state index < -0.39 is 0 Å². The van der Waals surface area contributed by atoms with Gasteiger partial charge in [0.2, 0.25) is 5.91 Å². The molecule has 0 aliphatic heterocycles. The normalized spacial score (nSPS) is 12.6. The van der Waals surface area contributed by atoms with Crippen LogP contribution in [0, 0.1) is 5.92 Å². The molecule has 1 unspecified atom stereocenters. The first kappa shape index (κ1) is 10.8. The van der Waals surface area contributed by atoms with Gasteiger partial charge in [0.25, 0.3) is 0 Å². The van der Waals surface area contributed by atoms with Gasteiger partial charge in [-0.05, 0) is 19.6 Å². The molecule has 0 aromatic rings. The molecule has 11 heavy (non-hydrogen) atoms. The molecule has 0 bridgehead atoms. The lowest BCUT2D eigenvalue weighted by atomic mass is 10.1. The van der Waals surface area contributed by atoms with Crippen LogP contribution in [0.2, 0.25) is 0 Å². The highest BCUT2D eigenvalue weighted by atomic mass is 32.2. The van der Waals surface area contributed by atoms with Crippen molar-refractivity contribution in [3.05, 3.63) is 0 Å². The Morgan fingerprint density at radius 1 is 1.55 bits per heavy atom. The smallest absolute Gasteiger partial charge is 0.223 e. The molecule has 0 aliphatic carbocycles. The fourth-order valence-corrected chi connectivity index (χ4v) is 1.69. The minimum absolute atomic E-state index is 0.198. The second-order valence-corrected chi connectivity index (χ2v) is 3.37. The maximum atomic E-state index is 11.2. The maximum Gasteiger partial charge on any atom is 0.223 e. The van der Waals surface area contributed by atoms with Crippen LogP contribution in [0.3, 0.4) is 0 Å². The van der Waals surface area contributed by atoms with Gasteiger partial charge >= 0.3 is 0 Å². The predicted octanol–water partition coefficient (Wildman–Crippen LogP) is 1.51. The van der Waals surface area contributed by atoms with Crippen molar-refractivity contribution in [2.24, 2.45) is 5.92 Å². The van der Waals surface area contributed by atoms with E-state index in [9.17, 15) is 4.79 Å². The highest BCUT2D eigenvalue weighted by molar-refractivity contribution is 7.98. The summed E-state index contributed by atoms with van der Waals surface area (Å²) in [6.07, 6.45) is 2.97. The molecule has 0 fully saturated rings. The van der Waals surface area contributed by atoms with Crippen molar-refractivity contribution in [3.63, 3.8) is 0 Å². The summed E-state index contributed by atoms with van der Waals surface area (Å²) in [5.74, 6) is 1.33. The van der Waals surface area contributed by atoms with E-state index in [0.717, 1.165) is 18.7 Å². The lowest BCUT2D eigenvalue weighted by Gasteiger charge is -2.11. The Balaban J connectivity index is 3.71. The molecule has 0 aromatic heterocycles. The fraction of sp³-hybridized carbons (Fsp3) is 0.875. The zero-order valence-electron chi connectivity index (χ0n) is 7.52. The number of rotatable bonds is 5. The first-order chi connectivity index (χ1) is 5.26. The van der Waals surface area contributed by atoms with E-state index in [-0.39, 0.29) is 11.8 Å². The van der Waals surface area contributed by atoms with Gasteiger partial charge in [0.05, 0.1) is 0 Å². The second kappa shape index (κ2) is 6.53. The summed E-state index contributed by atoms with van der Waals surface area (Å²) in [5, 5.41) is 2.83. The summed E-state index contributed by atoms with van der Waals surface area (Å²) in [4.78, 5) is 11.2. The minimum Gasteiger partial charge on any atom is -0.356 e. The van der Waals surface area contributed by atoms with Crippen molar-refractivity contribution in [3.8, 4) is 0 Å². The first-order valence-corrected chi connectivity index (χ1v) is 5.42. The van der Waals surface area contributed by atoms with Gasteiger partial charge in [0.15, 0.2) is 0 Å². The van der Waals surface area contributed by atoms with Crippen molar-refractivity contribution < 1.29 is 4.79 Å². The van der Waals surface area contributed by atoms with E-state index in [1.807, 2.05) is 13.2 Å². The molecule has 0 aliphatic rings. The van der Waals surface area contributed by atoms with Gasteiger partial charge in [-0.2, -0.15) is 11.8 Å². The van der Waals surface area contributed by atoms with E-state index >= 15 is 0 Å².